The number of halogens is 1. The van der Waals surface area contributed by atoms with Crippen LogP contribution in [0.1, 0.15) is 17.5 Å². The molecule has 0 spiro atoms. The fraction of sp³-hybridized carbons (Fsp3) is 0.296. The van der Waals surface area contributed by atoms with Crippen molar-refractivity contribution >= 4 is 55.4 Å². The number of nitrogens with zero attached hydrogens (tertiary/aromatic N) is 2. The van der Waals surface area contributed by atoms with Crippen molar-refractivity contribution in [3.05, 3.63) is 58.5 Å². The molecule has 2 aromatic rings. The molecule has 0 bridgehead atoms. The number of aliphatic hydroxyl groups excluding tert-OH is 2. The first kappa shape index (κ1) is 27.7. The summed E-state index contributed by atoms with van der Waals surface area (Å²) in [5.41, 5.74) is 2.66. The van der Waals surface area contributed by atoms with E-state index in [2.05, 4.69) is 10.3 Å². The first-order chi connectivity index (χ1) is 18.8. The number of Topliss-reactive ketones (excluding diaryl/α,β-unsaturated/α-hetero) is 2. The molecule has 0 aliphatic heterocycles. The predicted octanol–water partition coefficient (Wildman–Crippen LogP) is 1.99. The van der Waals surface area contributed by atoms with Gasteiger partial charge in [0.2, 0.25) is 5.78 Å². The number of phenolic OH excluding ortho intramolecular Hbond substituents is 1. The molecule has 1 fully saturated rings. The molecule has 4 atom stereocenters. The van der Waals surface area contributed by atoms with E-state index in [1.165, 1.54) is 47.7 Å². The molecule has 0 saturated heterocycles. The number of likely N-dealkylation sites (N-methyl/N-ethyl adjacent to an activating group) is 1. The van der Waals surface area contributed by atoms with Gasteiger partial charge in [-0.05, 0) is 56.6 Å². The van der Waals surface area contributed by atoms with Gasteiger partial charge < -0.3 is 31.5 Å². The van der Waals surface area contributed by atoms with Gasteiger partial charge in [-0.25, -0.2) is 0 Å². The van der Waals surface area contributed by atoms with Gasteiger partial charge in [0.15, 0.2) is 11.4 Å². The quantitative estimate of drug-likeness (QED) is 0.0926. The molecule has 3 aliphatic carbocycles. The first-order valence-electron chi connectivity index (χ1n) is 12.2. The number of nitrogens with two attached hydrogens (primary N) is 1. The maximum absolute atomic E-state index is 14.0. The van der Waals surface area contributed by atoms with E-state index in [9.17, 15) is 39.6 Å². The van der Waals surface area contributed by atoms with Gasteiger partial charge in [0.1, 0.15) is 22.8 Å². The average molecular weight is 660 g/mol. The van der Waals surface area contributed by atoms with Crippen LogP contribution in [0.5, 0.6) is 5.75 Å². The monoisotopic (exact) mass is 660 g/mol. The second-order valence-corrected chi connectivity index (χ2v) is 11.2. The number of ketones is 2. The number of primary amides is 1. The number of phenols is 1. The zero-order valence-electron chi connectivity index (χ0n) is 21.3. The molecule has 7 N–H and O–H groups in total. The van der Waals surface area contributed by atoms with Crippen LogP contribution in [0.2, 0.25) is 0 Å². The third-order valence-corrected chi connectivity index (χ3v) is 8.16. The van der Waals surface area contributed by atoms with Crippen molar-refractivity contribution < 1.29 is 39.6 Å². The Morgan fingerprint density at radius 2 is 1.90 bits per heavy atom. The lowest BCUT2D eigenvalue weighted by molar-refractivity contribution is -0.153. The highest BCUT2D eigenvalue weighted by Crippen LogP contribution is 2.54. The number of carbonyl (C=O) groups is 4. The van der Waals surface area contributed by atoms with Crippen LogP contribution in [0, 0.1) is 11.8 Å². The van der Waals surface area contributed by atoms with Gasteiger partial charge in [-0.2, -0.15) is 0 Å². The third-order valence-electron chi connectivity index (χ3n) is 7.89. The van der Waals surface area contributed by atoms with Crippen molar-refractivity contribution in [2.24, 2.45) is 17.6 Å². The molecule has 1 saturated carbocycles. The van der Waals surface area contributed by atoms with Gasteiger partial charge in [0, 0.05) is 45.8 Å². The number of hydrogen-bond acceptors (Lipinski definition) is 10. The van der Waals surface area contributed by atoms with Crippen LogP contribution in [-0.2, 0) is 20.8 Å². The lowest BCUT2D eigenvalue weighted by Gasteiger charge is -2.50. The SMILES string of the molecule is CN(C)[C@@H]1C(=O)C(C(N)=O)=C(O)[C@@]2(O)C(=O)C3=C(O)c4c(O)c(NC(=O)I)cc(-c5ccccn5)c4C[C@H]3C[C@@H]12. The van der Waals surface area contributed by atoms with Gasteiger partial charge >= 0.3 is 0 Å². The second-order valence-electron chi connectivity index (χ2n) is 10.2. The summed E-state index contributed by atoms with van der Waals surface area (Å²) < 4.78 is -0.526. The Hall–Kier alpha value is -3.82. The number of carbonyl (C=O) groups excluding carboxylic acids is 4. The minimum absolute atomic E-state index is 0.0413. The Kier molecular flexibility index (Phi) is 6.71. The van der Waals surface area contributed by atoms with Crippen LogP contribution in [0.3, 0.4) is 0 Å². The van der Waals surface area contributed by atoms with Crippen molar-refractivity contribution in [3.63, 3.8) is 0 Å². The fourth-order valence-electron chi connectivity index (χ4n) is 6.26. The lowest BCUT2D eigenvalue weighted by atomic mass is 9.57. The zero-order valence-corrected chi connectivity index (χ0v) is 23.5. The molecule has 0 unspecified atom stereocenters. The van der Waals surface area contributed by atoms with Crippen LogP contribution in [0.25, 0.3) is 17.0 Å². The van der Waals surface area contributed by atoms with Crippen molar-refractivity contribution in [3.8, 4) is 17.0 Å². The van der Waals surface area contributed by atoms with E-state index < -0.39 is 67.7 Å². The maximum Gasteiger partial charge on any atom is 0.285 e. The maximum atomic E-state index is 14.0. The van der Waals surface area contributed by atoms with Gasteiger partial charge in [0.25, 0.3) is 9.82 Å². The molecule has 1 aromatic heterocycles. The van der Waals surface area contributed by atoms with Crippen molar-refractivity contribution in [2.75, 3.05) is 19.4 Å². The molecular weight excluding hydrogens is 635 g/mol. The molecule has 5 rings (SSSR count). The third kappa shape index (κ3) is 3.90. The van der Waals surface area contributed by atoms with Crippen LogP contribution >= 0.6 is 22.6 Å². The number of fused-ring (bicyclic) bond motifs is 3. The number of amides is 2. The number of hydrogen-bond donors (Lipinski definition) is 6. The molecular formula is C27H25IN4O8. The van der Waals surface area contributed by atoms with E-state index in [-0.39, 0.29) is 29.7 Å². The highest BCUT2D eigenvalue weighted by molar-refractivity contribution is 14.1. The molecule has 3 aliphatic rings. The number of benzene rings is 1. The summed E-state index contributed by atoms with van der Waals surface area (Å²) in [6.07, 6.45) is 1.60. The largest absolute Gasteiger partial charge is 0.508 e. The molecule has 208 valence electrons. The Morgan fingerprint density at radius 1 is 1.20 bits per heavy atom. The highest BCUT2D eigenvalue weighted by Gasteiger charge is 2.64. The molecule has 2 amide bonds. The fourth-order valence-corrected chi connectivity index (χ4v) is 6.55. The number of pyridine rings is 1. The van der Waals surface area contributed by atoms with Gasteiger partial charge in [-0.1, -0.05) is 6.07 Å². The van der Waals surface area contributed by atoms with E-state index in [4.69, 9.17) is 5.73 Å². The predicted molar refractivity (Wildman–Crippen MR) is 151 cm³/mol. The van der Waals surface area contributed by atoms with Gasteiger partial charge in [0.05, 0.1) is 23.0 Å². The number of nitrogens with one attached hydrogen (secondary N) is 1. The van der Waals surface area contributed by atoms with Crippen molar-refractivity contribution in [1.29, 1.82) is 0 Å². The van der Waals surface area contributed by atoms with E-state index in [0.29, 0.717) is 16.8 Å². The van der Waals surface area contributed by atoms with Crippen LogP contribution < -0.4 is 11.1 Å². The number of anilines is 1. The van der Waals surface area contributed by atoms with E-state index in [0.717, 1.165) is 0 Å². The molecule has 0 radical (unpaired) electrons. The van der Waals surface area contributed by atoms with E-state index in [1.807, 2.05) is 0 Å². The molecule has 1 aromatic carbocycles. The summed E-state index contributed by atoms with van der Waals surface area (Å²) in [6, 6.07) is 5.50. The van der Waals surface area contributed by atoms with Gasteiger partial charge in [-0.3, -0.25) is 29.1 Å². The Bertz CT molecular complexity index is 1570. The minimum atomic E-state index is -2.74. The van der Waals surface area contributed by atoms with E-state index >= 15 is 0 Å². The molecule has 13 heteroatoms. The summed E-state index contributed by atoms with van der Waals surface area (Å²) in [7, 11) is 3.07. The summed E-state index contributed by atoms with van der Waals surface area (Å²) in [5.74, 6) is -7.49. The smallest absolute Gasteiger partial charge is 0.285 e. The average Bonchev–Trinajstić information content (AvgIpc) is 2.87. The molecule has 12 nitrogen and oxygen atoms in total. The number of aliphatic hydroxyl groups is 3. The normalized spacial score (nSPS) is 25.9. The summed E-state index contributed by atoms with van der Waals surface area (Å²) >= 11 is 1.48. The Morgan fingerprint density at radius 3 is 2.48 bits per heavy atom. The van der Waals surface area contributed by atoms with Crippen LogP contribution in [0.4, 0.5) is 10.5 Å². The Labute approximate surface area is 241 Å². The number of aromatic hydroxyl groups is 1. The highest BCUT2D eigenvalue weighted by atomic mass is 127. The van der Waals surface area contributed by atoms with Crippen molar-refractivity contribution in [1.82, 2.24) is 9.88 Å². The number of rotatable bonds is 4. The van der Waals surface area contributed by atoms with Gasteiger partial charge in [-0.15, -0.1) is 0 Å². The summed E-state index contributed by atoms with van der Waals surface area (Å²) in [4.78, 5) is 57.0. The summed E-state index contributed by atoms with van der Waals surface area (Å²) in [6.45, 7) is 0. The topological polar surface area (TPSA) is 203 Å². The number of aromatic nitrogens is 1. The van der Waals surface area contributed by atoms with E-state index in [1.54, 1.807) is 24.4 Å². The van der Waals surface area contributed by atoms with Crippen LogP contribution in [-0.4, -0.2) is 77.4 Å². The molecule has 1 heterocycles. The minimum Gasteiger partial charge on any atom is -0.508 e. The van der Waals surface area contributed by atoms with Crippen molar-refractivity contribution in [2.45, 2.75) is 24.5 Å². The lowest BCUT2D eigenvalue weighted by Crippen LogP contribution is -2.65. The zero-order chi connectivity index (χ0) is 29.3. The van der Waals surface area contributed by atoms with Crippen LogP contribution in [0.15, 0.2) is 47.4 Å². The summed E-state index contributed by atoms with van der Waals surface area (Å²) in [5, 5.41) is 47.9. The first-order valence-corrected chi connectivity index (χ1v) is 13.3. The standard InChI is InChI=1S/C27H25IN4O8/c1-32(2)19-13-8-10-7-12-11(14-5-3-4-6-30-14)9-15(31-26(28)39)20(33)17(12)21(34)16(10)23(36)27(13,40)24(37)18(22(19)35)25(29)38/h3-6,9-10,13,19,33-34,37,40H,7-8H2,1-2H3,(H2,29,38)(H,31,39)/t10-,13-,19-,27-/m0/s1. The molecule has 40 heavy (non-hydrogen) atoms. The Balaban J connectivity index is 1.79. The second kappa shape index (κ2) is 9.67.